The number of methoxy groups -OCH3 is 1. The molecule has 0 saturated carbocycles. The first-order valence-corrected chi connectivity index (χ1v) is 5.96. The lowest BCUT2D eigenvalue weighted by Gasteiger charge is -2.13. The monoisotopic (exact) mass is 298 g/mol. The summed E-state index contributed by atoms with van der Waals surface area (Å²) >= 11 is 0. The molecule has 5 nitrogen and oxygen atoms in total. The van der Waals surface area contributed by atoms with E-state index >= 15 is 0 Å². The summed E-state index contributed by atoms with van der Waals surface area (Å²) in [4.78, 5) is 6.94. The number of alkyl halides is 3. The predicted octanol–water partition coefficient (Wildman–Crippen LogP) is 2.97. The number of nitrogen functional groups attached to an aromatic ring is 1. The van der Waals surface area contributed by atoms with Gasteiger partial charge >= 0.3 is 6.18 Å². The van der Waals surface area contributed by atoms with Crippen molar-refractivity contribution in [2.45, 2.75) is 12.8 Å². The number of ether oxygens (including phenoxy) is 1. The fourth-order valence-electron chi connectivity index (χ4n) is 1.74. The molecule has 0 atom stereocenters. The van der Waals surface area contributed by atoms with Crippen LogP contribution in [0.3, 0.4) is 0 Å². The molecule has 0 amide bonds. The van der Waals surface area contributed by atoms with Gasteiger partial charge in [0.15, 0.2) is 5.69 Å². The van der Waals surface area contributed by atoms with Gasteiger partial charge in [-0.2, -0.15) is 18.2 Å². The van der Waals surface area contributed by atoms with Crippen LogP contribution in [0.25, 0.3) is 0 Å². The summed E-state index contributed by atoms with van der Waals surface area (Å²) in [5.41, 5.74) is 5.60. The smallest absolute Gasteiger partial charge is 0.380 e. The highest BCUT2D eigenvalue weighted by atomic mass is 19.4. The van der Waals surface area contributed by atoms with Crippen molar-refractivity contribution in [2.75, 3.05) is 18.2 Å². The summed E-state index contributed by atoms with van der Waals surface area (Å²) in [7, 11) is 1.53. The van der Waals surface area contributed by atoms with Crippen molar-refractivity contribution in [2.24, 2.45) is 0 Å². The quantitative estimate of drug-likeness (QED) is 0.908. The molecule has 1 aromatic heterocycles. The Labute approximate surface area is 119 Å². The Kier molecular flexibility index (Phi) is 4.27. The summed E-state index contributed by atoms with van der Waals surface area (Å²) in [5.74, 6) is -0.477. The summed E-state index contributed by atoms with van der Waals surface area (Å²) in [5, 5.41) is 2.80. The number of nitrogens with zero attached hydrogens (tertiary/aromatic N) is 2. The predicted molar refractivity (Wildman–Crippen MR) is 71.9 cm³/mol. The highest BCUT2D eigenvalue weighted by Gasteiger charge is 2.33. The average Bonchev–Trinajstić information content (AvgIpc) is 2.40. The first kappa shape index (κ1) is 15.0. The third kappa shape index (κ3) is 3.82. The van der Waals surface area contributed by atoms with Crippen LogP contribution in [-0.4, -0.2) is 17.1 Å². The zero-order valence-corrected chi connectivity index (χ0v) is 11.1. The maximum Gasteiger partial charge on any atom is 0.433 e. The van der Waals surface area contributed by atoms with E-state index in [-0.39, 0.29) is 5.82 Å². The molecule has 1 aromatic carbocycles. The van der Waals surface area contributed by atoms with E-state index in [1.807, 2.05) is 0 Å². The summed E-state index contributed by atoms with van der Waals surface area (Å²) in [6.45, 7) is 0.315. The second kappa shape index (κ2) is 5.96. The van der Waals surface area contributed by atoms with Crippen LogP contribution in [0.15, 0.2) is 30.3 Å². The van der Waals surface area contributed by atoms with Crippen LogP contribution in [0, 0.1) is 0 Å². The third-order valence-corrected chi connectivity index (χ3v) is 2.61. The molecule has 3 N–H and O–H groups in total. The van der Waals surface area contributed by atoms with Gasteiger partial charge in [-0.1, -0.05) is 18.2 Å². The van der Waals surface area contributed by atoms with E-state index in [4.69, 9.17) is 10.5 Å². The van der Waals surface area contributed by atoms with Gasteiger partial charge in [0.25, 0.3) is 0 Å². The van der Waals surface area contributed by atoms with Crippen molar-refractivity contribution >= 4 is 17.5 Å². The Morgan fingerprint density at radius 1 is 1.24 bits per heavy atom. The van der Waals surface area contributed by atoms with Crippen molar-refractivity contribution in [3.8, 4) is 0 Å². The van der Waals surface area contributed by atoms with Crippen LogP contribution in [0.4, 0.5) is 30.6 Å². The van der Waals surface area contributed by atoms with Crippen LogP contribution < -0.4 is 11.1 Å². The van der Waals surface area contributed by atoms with Crippen LogP contribution in [0.2, 0.25) is 0 Å². The zero-order valence-electron chi connectivity index (χ0n) is 11.1. The maximum atomic E-state index is 12.7. The molecule has 0 radical (unpaired) electrons. The molecule has 0 aliphatic rings. The minimum absolute atomic E-state index is 0.0293. The number of anilines is 3. The molecule has 0 bridgehead atoms. The topological polar surface area (TPSA) is 73.1 Å². The van der Waals surface area contributed by atoms with Gasteiger partial charge < -0.3 is 15.8 Å². The lowest BCUT2D eigenvalue weighted by atomic mass is 10.2. The Morgan fingerprint density at radius 2 is 1.95 bits per heavy atom. The molecule has 0 spiro atoms. The Bertz CT molecular complexity index is 631. The van der Waals surface area contributed by atoms with Gasteiger partial charge in [0.1, 0.15) is 5.82 Å². The lowest BCUT2D eigenvalue weighted by molar-refractivity contribution is -0.141. The Hall–Kier alpha value is -2.35. The number of aromatic nitrogens is 2. The van der Waals surface area contributed by atoms with Gasteiger partial charge in [-0.25, -0.2) is 4.98 Å². The van der Waals surface area contributed by atoms with Crippen molar-refractivity contribution in [1.29, 1.82) is 0 Å². The van der Waals surface area contributed by atoms with Crippen LogP contribution in [0.1, 0.15) is 11.3 Å². The standard InChI is InChI=1S/C13H13F3N4O/c1-21-7-8-4-2-3-5-9(8)18-11-6-10(13(14,15)16)19-12(17)20-11/h2-6H,7H2,1H3,(H3,17,18,19,20). The molecular formula is C13H13F3N4O. The van der Waals surface area contributed by atoms with E-state index in [1.54, 1.807) is 24.3 Å². The summed E-state index contributed by atoms with van der Waals surface area (Å²) in [6, 6.07) is 7.85. The summed E-state index contributed by atoms with van der Waals surface area (Å²) < 4.78 is 43.1. The van der Waals surface area contributed by atoms with Crippen molar-refractivity contribution < 1.29 is 17.9 Å². The number of para-hydroxylation sites is 1. The van der Waals surface area contributed by atoms with Crippen LogP contribution in [0.5, 0.6) is 0 Å². The average molecular weight is 298 g/mol. The van der Waals surface area contributed by atoms with E-state index in [2.05, 4.69) is 15.3 Å². The van der Waals surface area contributed by atoms with E-state index in [1.165, 1.54) is 7.11 Å². The Balaban J connectivity index is 2.34. The number of hydrogen-bond donors (Lipinski definition) is 2. The van der Waals surface area contributed by atoms with Gasteiger partial charge in [0.05, 0.1) is 6.61 Å². The van der Waals surface area contributed by atoms with Gasteiger partial charge in [0, 0.05) is 24.4 Å². The number of nitrogens with one attached hydrogen (secondary N) is 1. The fraction of sp³-hybridized carbons (Fsp3) is 0.231. The van der Waals surface area contributed by atoms with E-state index in [9.17, 15) is 13.2 Å². The maximum absolute atomic E-state index is 12.7. The number of rotatable bonds is 4. The number of halogens is 3. The first-order valence-electron chi connectivity index (χ1n) is 5.96. The molecule has 8 heteroatoms. The molecule has 0 unspecified atom stereocenters. The van der Waals surface area contributed by atoms with Gasteiger partial charge in [-0.3, -0.25) is 0 Å². The molecular weight excluding hydrogens is 285 g/mol. The zero-order chi connectivity index (χ0) is 15.5. The highest BCUT2D eigenvalue weighted by Crippen LogP contribution is 2.30. The summed E-state index contributed by atoms with van der Waals surface area (Å²) in [6.07, 6.45) is -4.58. The third-order valence-electron chi connectivity index (χ3n) is 2.61. The number of nitrogens with two attached hydrogens (primary N) is 1. The fourth-order valence-corrected chi connectivity index (χ4v) is 1.74. The molecule has 112 valence electrons. The minimum atomic E-state index is -4.58. The SMILES string of the molecule is COCc1ccccc1Nc1cc(C(F)(F)F)nc(N)n1. The molecule has 2 rings (SSSR count). The van der Waals surface area contributed by atoms with Crippen molar-refractivity contribution in [3.05, 3.63) is 41.6 Å². The van der Waals surface area contributed by atoms with Gasteiger partial charge in [0.2, 0.25) is 5.95 Å². The van der Waals surface area contributed by atoms with E-state index in [0.29, 0.717) is 12.3 Å². The molecule has 2 aromatic rings. The molecule has 1 heterocycles. The molecule has 0 fully saturated rings. The second-order valence-corrected chi connectivity index (χ2v) is 4.21. The first-order chi connectivity index (χ1) is 9.90. The second-order valence-electron chi connectivity index (χ2n) is 4.21. The van der Waals surface area contributed by atoms with E-state index < -0.39 is 17.8 Å². The van der Waals surface area contributed by atoms with Crippen LogP contribution >= 0.6 is 0 Å². The molecule has 0 saturated heterocycles. The Morgan fingerprint density at radius 3 is 2.62 bits per heavy atom. The number of benzene rings is 1. The van der Waals surface area contributed by atoms with Gasteiger partial charge in [-0.05, 0) is 6.07 Å². The molecule has 21 heavy (non-hydrogen) atoms. The van der Waals surface area contributed by atoms with Crippen molar-refractivity contribution in [1.82, 2.24) is 9.97 Å². The van der Waals surface area contributed by atoms with Crippen LogP contribution in [-0.2, 0) is 17.5 Å². The minimum Gasteiger partial charge on any atom is -0.380 e. The van der Waals surface area contributed by atoms with Gasteiger partial charge in [-0.15, -0.1) is 0 Å². The lowest BCUT2D eigenvalue weighted by Crippen LogP contribution is -2.12. The molecule has 0 aliphatic heterocycles. The highest BCUT2D eigenvalue weighted by molar-refractivity contribution is 5.61. The van der Waals surface area contributed by atoms with E-state index in [0.717, 1.165) is 11.6 Å². The number of hydrogen-bond acceptors (Lipinski definition) is 5. The normalized spacial score (nSPS) is 11.4. The molecule has 0 aliphatic carbocycles. The van der Waals surface area contributed by atoms with Crippen molar-refractivity contribution in [3.63, 3.8) is 0 Å². The largest absolute Gasteiger partial charge is 0.433 e.